The Kier molecular flexibility index (Phi) is 3.72. The minimum absolute atomic E-state index is 0.434. The third kappa shape index (κ3) is 2.81. The molecule has 3 rings (SSSR count). The summed E-state index contributed by atoms with van der Waals surface area (Å²) < 4.78 is 0. The van der Waals surface area contributed by atoms with Crippen molar-refractivity contribution >= 4 is 23.0 Å². The zero-order chi connectivity index (χ0) is 15.0. The van der Waals surface area contributed by atoms with E-state index in [1.807, 2.05) is 13.0 Å². The van der Waals surface area contributed by atoms with Crippen molar-refractivity contribution in [2.24, 2.45) is 0 Å². The topological polar surface area (TPSA) is 40.5 Å². The van der Waals surface area contributed by atoms with Crippen LogP contribution in [0.15, 0.2) is 24.3 Å². The molecule has 1 aliphatic heterocycles. The first-order valence-electron chi connectivity index (χ1n) is 7.21. The number of carboxylic acids is 1. The zero-order valence-electron chi connectivity index (χ0n) is 12.3. The van der Waals surface area contributed by atoms with Crippen LogP contribution in [0.3, 0.4) is 0 Å². The van der Waals surface area contributed by atoms with Crippen LogP contribution >= 0.6 is 11.3 Å². The summed E-state index contributed by atoms with van der Waals surface area (Å²) in [5.74, 6) is -0.830. The van der Waals surface area contributed by atoms with Crippen molar-refractivity contribution in [1.82, 2.24) is 0 Å². The molecule has 110 valence electrons. The third-order valence-electron chi connectivity index (χ3n) is 4.04. The number of hydrogen-bond donors (Lipinski definition) is 1. The van der Waals surface area contributed by atoms with Gasteiger partial charge in [-0.15, -0.1) is 11.3 Å². The molecule has 21 heavy (non-hydrogen) atoms. The van der Waals surface area contributed by atoms with Crippen molar-refractivity contribution in [1.29, 1.82) is 0 Å². The number of nitrogens with zero attached hydrogens (tertiary/aromatic N) is 1. The summed E-state index contributed by atoms with van der Waals surface area (Å²) in [5.41, 5.74) is 5.14. The van der Waals surface area contributed by atoms with Crippen molar-refractivity contribution in [3.8, 4) is 0 Å². The summed E-state index contributed by atoms with van der Waals surface area (Å²) in [7, 11) is 0. The lowest BCUT2D eigenvalue weighted by Gasteiger charge is -2.31. The van der Waals surface area contributed by atoms with E-state index < -0.39 is 5.97 Å². The molecule has 0 saturated heterocycles. The zero-order valence-corrected chi connectivity index (χ0v) is 13.2. The van der Waals surface area contributed by atoms with Gasteiger partial charge in [-0.1, -0.05) is 17.7 Å². The van der Waals surface area contributed by atoms with Crippen LogP contribution in [0, 0.1) is 13.8 Å². The molecule has 1 N–H and O–H groups in total. The van der Waals surface area contributed by atoms with Crippen LogP contribution in [-0.4, -0.2) is 17.6 Å². The Morgan fingerprint density at radius 2 is 2.14 bits per heavy atom. The number of rotatable bonds is 3. The standard InChI is InChI=1S/C17H19NO2S/c1-11-5-6-15-13(8-11)4-3-7-18(15)10-14-9-16(17(19)20)21-12(14)2/h5-6,8-9H,3-4,7,10H2,1-2H3,(H,19,20). The second kappa shape index (κ2) is 5.53. The SMILES string of the molecule is Cc1ccc2c(c1)CCCN2Cc1cc(C(=O)O)sc1C. The average Bonchev–Trinajstić information content (AvgIpc) is 2.80. The highest BCUT2D eigenvalue weighted by Crippen LogP contribution is 2.31. The lowest BCUT2D eigenvalue weighted by Crippen LogP contribution is -2.28. The molecule has 0 unspecified atom stereocenters. The van der Waals surface area contributed by atoms with Crippen molar-refractivity contribution in [3.05, 3.63) is 50.7 Å². The number of aryl methyl sites for hydroxylation is 3. The molecule has 2 aromatic rings. The van der Waals surface area contributed by atoms with Gasteiger partial charge in [0.05, 0.1) is 0 Å². The molecule has 0 spiro atoms. The normalized spacial score (nSPS) is 14.1. The molecule has 0 saturated carbocycles. The fourth-order valence-corrected chi connectivity index (χ4v) is 3.83. The Hall–Kier alpha value is -1.81. The first-order chi connectivity index (χ1) is 10.0. The molecular weight excluding hydrogens is 282 g/mol. The van der Waals surface area contributed by atoms with Gasteiger partial charge in [0.25, 0.3) is 0 Å². The minimum atomic E-state index is -0.830. The number of fused-ring (bicyclic) bond motifs is 1. The van der Waals surface area contributed by atoms with E-state index in [0.717, 1.165) is 36.4 Å². The monoisotopic (exact) mass is 301 g/mol. The van der Waals surface area contributed by atoms with Crippen molar-refractivity contribution in [2.75, 3.05) is 11.4 Å². The first-order valence-corrected chi connectivity index (χ1v) is 8.03. The second-order valence-corrected chi connectivity index (χ2v) is 6.91. The van der Waals surface area contributed by atoms with Gasteiger partial charge in [-0.2, -0.15) is 0 Å². The number of aromatic carboxylic acids is 1. The largest absolute Gasteiger partial charge is 0.477 e. The van der Waals surface area contributed by atoms with Gasteiger partial charge in [0.15, 0.2) is 0 Å². The van der Waals surface area contributed by atoms with E-state index in [4.69, 9.17) is 5.11 Å². The molecule has 4 heteroatoms. The molecular formula is C17H19NO2S. The van der Waals surface area contributed by atoms with Crippen LogP contribution in [0.2, 0.25) is 0 Å². The molecule has 0 aliphatic carbocycles. The van der Waals surface area contributed by atoms with Crippen molar-refractivity contribution < 1.29 is 9.90 Å². The van der Waals surface area contributed by atoms with E-state index in [0.29, 0.717) is 4.88 Å². The smallest absolute Gasteiger partial charge is 0.345 e. The summed E-state index contributed by atoms with van der Waals surface area (Å²) in [6.45, 7) is 5.97. The van der Waals surface area contributed by atoms with Gasteiger partial charge in [0.1, 0.15) is 4.88 Å². The van der Waals surface area contributed by atoms with E-state index in [2.05, 4.69) is 30.0 Å². The van der Waals surface area contributed by atoms with Gasteiger partial charge in [0.2, 0.25) is 0 Å². The number of carboxylic acid groups (broad SMARTS) is 1. The van der Waals surface area contributed by atoms with Crippen LogP contribution in [0.1, 0.15) is 37.7 Å². The predicted molar refractivity (Wildman–Crippen MR) is 86.6 cm³/mol. The fraction of sp³-hybridized carbons (Fsp3) is 0.353. The lowest BCUT2D eigenvalue weighted by atomic mass is 9.99. The maximum absolute atomic E-state index is 11.1. The predicted octanol–water partition coefficient (Wildman–Crippen LogP) is 4.02. The highest BCUT2D eigenvalue weighted by molar-refractivity contribution is 7.14. The molecule has 0 amide bonds. The molecule has 0 radical (unpaired) electrons. The first kappa shape index (κ1) is 14.1. The second-order valence-electron chi connectivity index (χ2n) is 5.65. The number of benzene rings is 1. The van der Waals surface area contributed by atoms with Gasteiger partial charge in [-0.3, -0.25) is 0 Å². The van der Waals surface area contributed by atoms with E-state index in [9.17, 15) is 4.79 Å². The van der Waals surface area contributed by atoms with E-state index in [1.54, 1.807) is 0 Å². The third-order valence-corrected chi connectivity index (χ3v) is 5.12. The Bertz CT molecular complexity index is 690. The molecule has 3 nitrogen and oxygen atoms in total. The summed E-state index contributed by atoms with van der Waals surface area (Å²) in [6.07, 6.45) is 2.29. The number of thiophene rings is 1. The van der Waals surface area contributed by atoms with Gasteiger partial charge in [0, 0.05) is 23.7 Å². The highest BCUT2D eigenvalue weighted by atomic mass is 32.1. The van der Waals surface area contributed by atoms with Gasteiger partial charge < -0.3 is 10.0 Å². The molecule has 1 aromatic carbocycles. The average molecular weight is 301 g/mol. The van der Waals surface area contributed by atoms with Crippen LogP contribution in [0.5, 0.6) is 0 Å². The van der Waals surface area contributed by atoms with E-state index in [1.165, 1.54) is 28.2 Å². The minimum Gasteiger partial charge on any atom is -0.477 e. The Balaban J connectivity index is 1.88. The molecule has 0 bridgehead atoms. The Morgan fingerprint density at radius 1 is 1.33 bits per heavy atom. The Morgan fingerprint density at radius 3 is 2.86 bits per heavy atom. The van der Waals surface area contributed by atoms with Crippen molar-refractivity contribution in [3.63, 3.8) is 0 Å². The summed E-state index contributed by atoms with van der Waals surface area (Å²) >= 11 is 1.37. The number of anilines is 1. The van der Waals surface area contributed by atoms with Crippen LogP contribution in [0.25, 0.3) is 0 Å². The maximum atomic E-state index is 11.1. The van der Waals surface area contributed by atoms with Crippen molar-refractivity contribution in [2.45, 2.75) is 33.2 Å². The highest BCUT2D eigenvalue weighted by Gasteiger charge is 2.19. The molecule has 1 aromatic heterocycles. The summed E-state index contributed by atoms with van der Waals surface area (Å²) in [6, 6.07) is 8.44. The summed E-state index contributed by atoms with van der Waals surface area (Å²) in [4.78, 5) is 15.0. The molecule has 1 aliphatic rings. The maximum Gasteiger partial charge on any atom is 0.345 e. The lowest BCUT2D eigenvalue weighted by molar-refractivity contribution is 0.0702. The van der Waals surface area contributed by atoms with Gasteiger partial charge >= 0.3 is 5.97 Å². The molecule has 2 heterocycles. The fourth-order valence-electron chi connectivity index (χ4n) is 2.96. The quantitative estimate of drug-likeness (QED) is 0.931. The van der Waals surface area contributed by atoms with Crippen LogP contribution < -0.4 is 4.90 Å². The van der Waals surface area contributed by atoms with E-state index >= 15 is 0 Å². The van der Waals surface area contributed by atoms with Crippen LogP contribution in [-0.2, 0) is 13.0 Å². The number of hydrogen-bond acceptors (Lipinski definition) is 3. The van der Waals surface area contributed by atoms with Gasteiger partial charge in [-0.25, -0.2) is 4.79 Å². The Labute approximate surface area is 128 Å². The molecule has 0 fully saturated rings. The summed E-state index contributed by atoms with van der Waals surface area (Å²) in [5, 5.41) is 9.11. The number of carbonyl (C=O) groups is 1. The van der Waals surface area contributed by atoms with Crippen LogP contribution in [0.4, 0.5) is 5.69 Å². The van der Waals surface area contributed by atoms with E-state index in [-0.39, 0.29) is 0 Å². The molecule has 0 atom stereocenters. The van der Waals surface area contributed by atoms with Gasteiger partial charge in [-0.05, 0) is 49.9 Å².